The Morgan fingerprint density at radius 1 is 1.25 bits per heavy atom. The highest BCUT2D eigenvalue weighted by Gasteiger charge is 2.21. The third-order valence-electron chi connectivity index (χ3n) is 5.43. The molecule has 0 saturated carbocycles. The molecule has 0 bridgehead atoms. The summed E-state index contributed by atoms with van der Waals surface area (Å²) in [6.45, 7) is 4.09. The van der Waals surface area contributed by atoms with Gasteiger partial charge in [-0.2, -0.15) is 0 Å². The van der Waals surface area contributed by atoms with Crippen LogP contribution in [0.2, 0.25) is 0 Å². The Bertz CT molecular complexity index is 741. The molecule has 1 amide bonds. The molecule has 1 fully saturated rings. The van der Waals surface area contributed by atoms with E-state index in [4.69, 9.17) is 9.15 Å². The van der Waals surface area contributed by atoms with E-state index in [1.165, 1.54) is 18.4 Å². The molecule has 4 nitrogen and oxygen atoms in total. The summed E-state index contributed by atoms with van der Waals surface area (Å²) in [6, 6.07) is 5.91. The Morgan fingerprint density at radius 2 is 2.04 bits per heavy atom. The maximum atomic E-state index is 12.3. The number of likely N-dealkylation sites (tertiary alicyclic amines) is 1. The SMILES string of the molecule is CC1CCN(C(=O)COc2ccc3oc4c(c3c2)CCCC4)CC1. The second-order valence-corrected chi connectivity index (χ2v) is 7.22. The second kappa shape index (κ2) is 6.50. The van der Waals surface area contributed by atoms with Gasteiger partial charge in [0, 0.05) is 30.5 Å². The summed E-state index contributed by atoms with van der Waals surface area (Å²) in [5.41, 5.74) is 2.27. The fourth-order valence-corrected chi connectivity index (χ4v) is 3.83. The van der Waals surface area contributed by atoms with E-state index in [0.717, 1.165) is 67.2 Å². The van der Waals surface area contributed by atoms with E-state index >= 15 is 0 Å². The largest absolute Gasteiger partial charge is 0.484 e. The number of carbonyl (C=O) groups is 1. The first-order valence-electron chi connectivity index (χ1n) is 9.15. The monoisotopic (exact) mass is 327 g/mol. The van der Waals surface area contributed by atoms with Gasteiger partial charge in [-0.05, 0) is 56.2 Å². The first-order chi connectivity index (χ1) is 11.7. The summed E-state index contributed by atoms with van der Waals surface area (Å²) >= 11 is 0. The van der Waals surface area contributed by atoms with Gasteiger partial charge in [-0.1, -0.05) is 6.92 Å². The van der Waals surface area contributed by atoms with Crippen molar-refractivity contribution in [2.24, 2.45) is 5.92 Å². The van der Waals surface area contributed by atoms with Crippen molar-refractivity contribution in [2.45, 2.75) is 45.4 Å². The van der Waals surface area contributed by atoms with Crippen LogP contribution in [0.25, 0.3) is 11.0 Å². The molecule has 0 N–H and O–H groups in total. The first-order valence-corrected chi connectivity index (χ1v) is 9.15. The van der Waals surface area contributed by atoms with E-state index in [-0.39, 0.29) is 12.5 Å². The van der Waals surface area contributed by atoms with Gasteiger partial charge in [-0.25, -0.2) is 0 Å². The Balaban J connectivity index is 1.44. The maximum absolute atomic E-state index is 12.3. The number of hydrogen-bond acceptors (Lipinski definition) is 3. The molecule has 4 rings (SSSR count). The second-order valence-electron chi connectivity index (χ2n) is 7.22. The molecule has 4 heteroatoms. The molecule has 0 unspecified atom stereocenters. The molecule has 0 radical (unpaired) electrons. The third-order valence-corrected chi connectivity index (χ3v) is 5.43. The fraction of sp³-hybridized carbons (Fsp3) is 0.550. The molecule has 1 saturated heterocycles. The number of piperidine rings is 1. The molecule has 2 aromatic rings. The number of benzene rings is 1. The quantitative estimate of drug-likeness (QED) is 0.857. The highest BCUT2D eigenvalue weighted by Crippen LogP contribution is 2.33. The number of amides is 1. The van der Waals surface area contributed by atoms with Crippen molar-refractivity contribution in [1.29, 1.82) is 0 Å². The van der Waals surface area contributed by atoms with Crippen molar-refractivity contribution in [3.05, 3.63) is 29.5 Å². The van der Waals surface area contributed by atoms with Crippen LogP contribution in [0, 0.1) is 5.92 Å². The van der Waals surface area contributed by atoms with Crippen LogP contribution < -0.4 is 4.74 Å². The zero-order valence-corrected chi connectivity index (χ0v) is 14.3. The average Bonchev–Trinajstić information content (AvgIpc) is 2.98. The number of ether oxygens (including phenoxy) is 1. The summed E-state index contributed by atoms with van der Waals surface area (Å²) in [6.07, 6.45) is 6.73. The predicted molar refractivity (Wildman–Crippen MR) is 93.3 cm³/mol. The molecule has 1 aromatic carbocycles. The molecule has 2 heterocycles. The number of furan rings is 1. The van der Waals surface area contributed by atoms with Crippen LogP contribution in [-0.4, -0.2) is 30.5 Å². The number of aryl methyl sites for hydroxylation is 2. The van der Waals surface area contributed by atoms with Gasteiger partial charge < -0.3 is 14.1 Å². The van der Waals surface area contributed by atoms with E-state index in [0.29, 0.717) is 0 Å². The van der Waals surface area contributed by atoms with Crippen LogP contribution in [0.4, 0.5) is 0 Å². The van der Waals surface area contributed by atoms with Gasteiger partial charge in [0.05, 0.1) is 0 Å². The Hall–Kier alpha value is -1.97. The average molecular weight is 327 g/mol. The van der Waals surface area contributed by atoms with Gasteiger partial charge >= 0.3 is 0 Å². The van der Waals surface area contributed by atoms with Crippen molar-refractivity contribution in [1.82, 2.24) is 4.90 Å². The maximum Gasteiger partial charge on any atom is 0.260 e. The highest BCUT2D eigenvalue weighted by atomic mass is 16.5. The molecule has 24 heavy (non-hydrogen) atoms. The van der Waals surface area contributed by atoms with E-state index < -0.39 is 0 Å². The standard InChI is InChI=1S/C20H25NO3/c1-14-8-10-21(11-9-14)20(22)13-23-15-6-7-19-17(12-15)16-4-2-3-5-18(16)24-19/h6-7,12,14H,2-5,8-11,13H2,1H3. The molecule has 2 aliphatic rings. The topological polar surface area (TPSA) is 42.7 Å². The van der Waals surface area contributed by atoms with Gasteiger partial charge in [0.25, 0.3) is 5.91 Å². The van der Waals surface area contributed by atoms with Crippen molar-refractivity contribution >= 4 is 16.9 Å². The van der Waals surface area contributed by atoms with Crippen LogP contribution in [0.1, 0.15) is 43.9 Å². The van der Waals surface area contributed by atoms with Crippen LogP contribution in [0.5, 0.6) is 5.75 Å². The van der Waals surface area contributed by atoms with Crippen LogP contribution in [-0.2, 0) is 17.6 Å². The van der Waals surface area contributed by atoms with E-state index in [1.807, 2.05) is 23.1 Å². The molecule has 0 spiro atoms. The Kier molecular flexibility index (Phi) is 4.21. The zero-order valence-electron chi connectivity index (χ0n) is 14.3. The summed E-state index contributed by atoms with van der Waals surface area (Å²) in [7, 11) is 0. The van der Waals surface area contributed by atoms with Crippen LogP contribution >= 0.6 is 0 Å². The predicted octanol–water partition coefficient (Wildman–Crippen LogP) is 3.95. The lowest BCUT2D eigenvalue weighted by atomic mass is 9.96. The third kappa shape index (κ3) is 3.02. The van der Waals surface area contributed by atoms with Gasteiger partial charge in [0.1, 0.15) is 17.1 Å². The fourth-order valence-electron chi connectivity index (χ4n) is 3.83. The minimum atomic E-state index is 0.0937. The first kappa shape index (κ1) is 15.6. The number of carbonyl (C=O) groups excluding carboxylic acids is 1. The summed E-state index contributed by atoms with van der Waals surface area (Å²) in [4.78, 5) is 14.2. The molecule has 1 aromatic heterocycles. The molecule has 1 aliphatic heterocycles. The van der Waals surface area contributed by atoms with E-state index in [2.05, 4.69) is 6.92 Å². The number of fused-ring (bicyclic) bond motifs is 3. The molecule has 1 aliphatic carbocycles. The van der Waals surface area contributed by atoms with Gasteiger partial charge in [-0.3, -0.25) is 4.79 Å². The summed E-state index contributed by atoms with van der Waals surface area (Å²) in [5.74, 6) is 2.71. The van der Waals surface area contributed by atoms with Crippen molar-refractivity contribution < 1.29 is 13.9 Å². The lowest BCUT2D eigenvalue weighted by molar-refractivity contribution is -0.134. The molecular formula is C20H25NO3. The Morgan fingerprint density at radius 3 is 2.88 bits per heavy atom. The summed E-state index contributed by atoms with van der Waals surface area (Å²) < 4.78 is 11.7. The van der Waals surface area contributed by atoms with E-state index in [1.54, 1.807) is 0 Å². The Labute approximate surface area is 142 Å². The van der Waals surface area contributed by atoms with Crippen molar-refractivity contribution in [2.75, 3.05) is 19.7 Å². The zero-order chi connectivity index (χ0) is 16.5. The lowest BCUT2D eigenvalue weighted by Gasteiger charge is -2.30. The minimum Gasteiger partial charge on any atom is -0.484 e. The normalized spacial score (nSPS) is 18.6. The molecule has 0 atom stereocenters. The molecular weight excluding hydrogens is 302 g/mol. The minimum absolute atomic E-state index is 0.0937. The summed E-state index contributed by atoms with van der Waals surface area (Å²) in [5, 5.41) is 1.15. The van der Waals surface area contributed by atoms with Gasteiger partial charge in [-0.15, -0.1) is 0 Å². The van der Waals surface area contributed by atoms with Gasteiger partial charge in [0.2, 0.25) is 0 Å². The van der Waals surface area contributed by atoms with Crippen LogP contribution in [0.3, 0.4) is 0 Å². The van der Waals surface area contributed by atoms with E-state index in [9.17, 15) is 4.79 Å². The van der Waals surface area contributed by atoms with Gasteiger partial charge in [0.15, 0.2) is 6.61 Å². The number of hydrogen-bond donors (Lipinski definition) is 0. The number of nitrogens with zero attached hydrogens (tertiary/aromatic N) is 1. The van der Waals surface area contributed by atoms with Crippen molar-refractivity contribution in [3.8, 4) is 5.75 Å². The smallest absolute Gasteiger partial charge is 0.260 e. The molecule has 128 valence electrons. The van der Waals surface area contributed by atoms with Crippen LogP contribution in [0.15, 0.2) is 22.6 Å². The van der Waals surface area contributed by atoms with Crippen molar-refractivity contribution in [3.63, 3.8) is 0 Å². The highest BCUT2D eigenvalue weighted by molar-refractivity contribution is 5.84. The number of rotatable bonds is 3. The lowest BCUT2D eigenvalue weighted by Crippen LogP contribution is -2.40.